The van der Waals surface area contributed by atoms with Crippen molar-refractivity contribution in [2.75, 3.05) is 5.32 Å². The number of rotatable bonds is 3. The molecule has 0 bridgehead atoms. The summed E-state index contributed by atoms with van der Waals surface area (Å²) in [7, 11) is 0. The van der Waals surface area contributed by atoms with Crippen LogP contribution in [0, 0.1) is 11.6 Å². The molecule has 0 aliphatic carbocycles. The van der Waals surface area contributed by atoms with Gasteiger partial charge in [0.2, 0.25) is 0 Å². The summed E-state index contributed by atoms with van der Waals surface area (Å²) in [6, 6.07) is 16.9. The molecule has 0 aliphatic rings. The first-order chi connectivity index (χ1) is 12.6. The van der Waals surface area contributed by atoms with E-state index in [4.69, 9.17) is 0 Å². The third-order valence-electron chi connectivity index (χ3n) is 3.97. The Morgan fingerprint density at radius 1 is 0.962 bits per heavy atom. The smallest absolute Gasteiger partial charge is 0.257 e. The third kappa shape index (κ3) is 3.07. The SMILES string of the molecule is O=C(Nc1nc(-c2cccc3ccccc23)cs1)c1ccc(F)c(F)c1. The standard InChI is InChI=1S/C20H12F2N2OS/c21-16-9-8-13(10-17(16)22)19(25)24-20-23-18(11-26-20)15-7-3-5-12-4-1-2-6-14(12)15/h1-11H,(H,23,24,25). The first-order valence-corrected chi connectivity index (χ1v) is 8.70. The number of hydrogen-bond donors (Lipinski definition) is 1. The number of benzene rings is 3. The Bertz CT molecular complexity index is 1120. The molecule has 0 radical (unpaired) electrons. The molecule has 4 rings (SSSR count). The van der Waals surface area contributed by atoms with E-state index in [-0.39, 0.29) is 5.56 Å². The molecule has 1 amide bonds. The van der Waals surface area contributed by atoms with E-state index >= 15 is 0 Å². The Morgan fingerprint density at radius 3 is 2.62 bits per heavy atom. The predicted molar refractivity (Wildman–Crippen MR) is 99.4 cm³/mol. The highest BCUT2D eigenvalue weighted by Crippen LogP contribution is 2.31. The van der Waals surface area contributed by atoms with Crippen LogP contribution in [0.3, 0.4) is 0 Å². The van der Waals surface area contributed by atoms with Gasteiger partial charge in [0.25, 0.3) is 5.91 Å². The Balaban J connectivity index is 1.62. The van der Waals surface area contributed by atoms with Crippen LogP contribution in [0.25, 0.3) is 22.0 Å². The average molecular weight is 366 g/mol. The highest BCUT2D eigenvalue weighted by atomic mass is 32.1. The Hall–Kier alpha value is -3.12. The molecule has 26 heavy (non-hydrogen) atoms. The predicted octanol–water partition coefficient (Wildman–Crippen LogP) is 5.49. The van der Waals surface area contributed by atoms with Gasteiger partial charge >= 0.3 is 0 Å². The van der Waals surface area contributed by atoms with Crippen LogP contribution in [0.15, 0.2) is 66.0 Å². The highest BCUT2D eigenvalue weighted by molar-refractivity contribution is 7.14. The number of carbonyl (C=O) groups excluding carboxylic acids is 1. The van der Waals surface area contributed by atoms with Crippen molar-refractivity contribution >= 4 is 33.1 Å². The molecule has 3 aromatic carbocycles. The summed E-state index contributed by atoms with van der Waals surface area (Å²) in [6.07, 6.45) is 0. The van der Waals surface area contributed by atoms with Gasteiger partial charge < -0.3 is 0 Å². The zero-order valence-electron chi connectivity index (χ0n) is 13.4. The Kier molecular flexibility index (Phi) is 4.18. The molecule has 0 saturated heterocycles. The first kappa shape index (κ1) is 16.4. The molecule has 0 fully saturated rings. The fourth-order valence-corrected chi connectivity index (χ4v) is 3.42. The van der Waals surface area contributed by atoms with Crippen molar-refractivity contribution in [3.63, 3.8) is 0 Å². The van der Waals surface area contributed by atoms with Gasteiger partial charge in [0.15, 0.2) is 16.8 Å². The highest BCUT2D eigenvalue weighted by Gasteiger charge is 2.13. The lowest BCUT2D eigenvalue weighted by molar-refractivity contribution is 0.102. The molecular formula is C20H12F2N2OS. The van der Waals surface area contributed by atoms with Gasteiger partial charge in [0, 0.05) is 16.5 Å². The minimum Gasteiger partial charge on any atom is -0.298 e. The van der Waals surface area contributed by atoms with Crippen LogP contribution in [0.4, 0.5) is 13.9 Å². The molecule has 6 heteroatoms. The second-order valence-electron chi connectivity index (χ2n) is 5.65. The molecule has 1 N–H and O–H groups in total. The van der Waals surface area contributed by atoms with E-state index in [9.17, 15) is 13.6 Å². The number of anilines is 1. The minimum atomic E-state index is -1.06. The molecule has 4 aromatic rings. The summed E-state index contributed by atoms with van der Waals surface area (Å²) in [5.41, 5.74) is 1.74. The summed E-state index contributed by atoms with van der Waals surface area (Å²) in [6.45, 7) is 0. The van der Waals surface area contributed by atoms with Gasteiger partial charge in [-0.05, 0) is 29.0 Å². The maximum absolute atomic E-state index is 13.3. The van der Waals surface area contributed by atoms with Gasteiger partial charge in [0.05, 0.1) is 5.69 Å². The number of carbonyl (C=O) groups is 1. The first-order valence-electron chi connectivity index (χ1n) is 7.82. The lowest BCUT2D eigenvalue weighted by Gasteiger charge is -2.04. The summed E-state index contributed by atoms with van der Waals surface area (Å²) in [4.78, 5) is 16.7. The second kappa shape index (κ2) is 6.65. The number of nitrogens with one attached hydrogen (secondary N) is 1. The molecule has 0 atom stereocenters. The van der Waals surface area contributed by atoms with E-state index in [1.165, 1.54) is 17.4 Å². The number of amides is 1. The van der Waals surface area contributed by atoms with Crippen molar-refractivity contribution in [1.82, 2.24) is 4.98 Å². The lowest BCUT2D eigenvalue weighted by Crippen LogP contribution is -2.12. The zero-order chi connectivity index (χ0) is 18.1. The minimum absolute atomic E-state index is 0.0332. The van der Waals surface area contributed by atoms with Crippen molar-refractivity contribution < 1.29 is 13.6 Å². The fourth-order valence-electron chi connectivity index (χ4n) is 2.71. The van der Waals surface area contributed by atoms with Gasteiger partial charge in [0.1, 0.15) is 0 Å². The van der Waals surface area contributed by atoms with Crippen LogP contribution in [-0.4, -0.2) is 10.9 Å². The molecule has 128 valence electrons. The van der Waals surface area contributed by atoms with Crippen LogP contribution in [-0.2, 0) is 0 Å². The number of fused-ring (bicyclic) bond motifs is 1. The summed E-state index contributed by atoms with van der Waals surface area (Å²) in [5.74, 6) is -2.59. The van der Waals surface area contributed by atoms with Crippen LogP contribution >= 0.6 is 11.3 Å². The number of thiazole rings is 1. The largest absolute Gasteiger partial charge is 0.298 e. The maximum Gasteiger partial charge on any atom is 0.257 e. The monoisotopic (exact) mass is 366 g/mol. The molecule has 3 nitrogen and oxygen atoms in total. The van der Waals surface area contributed by atoms with Crippen LogP contribution in [0.1, 0.15) is 10.4 Å². The molecule has 0 unspecified atom stereocenters. The van der Waals surface area contributed by atoms with Crippen molar-refractivity contribution in [3.8, 4) is 11.3 Å². The molecule has 0 aliphatic heterocycles. The summed E-state index contributed by atoms with van der Waals surface area (Å²) < 4.78 is 26.3. The van der Waals surface area contributed by atoms with E-state index in [0.29, 0.717) is 5.13 Å². The second-order valence-corrected chi connectivity index (χ2v) is 6.51. The average Bonchev–Trinajstić information content (AvgIpc) is 3.11. The molecule has 1 heterocycles. The lowest BCUT2D eigenvalue weighted by atomic mass is 10.0. The van der Waals surface area contributed by atoms with Gasteiger partial charge in [-0.25, -0.2) is 13.8 Å². The number of aromatic nitrogens is 1. The molecular weight excluding hydrogens is 354 g/mol. The van der Waals surface area contributed by atoms with Crippen LogP contribution in [0.2, 0.25) is 0 Å². The summed E-state index contributed by atoms with van der Waals surface area (Å²) in [5, 5.41) is 7.03. The molecule has 0 spiro atoms. The van der Waals surface area contributed by atoms with Crippen molar-refractivity contribution in [2.45, 2.75) is 0 Å². The maximum atomic E-state index is 13.3. The van der Waals surface area contributed by atoms with E-state index in [0.717, 1.165) is 34.2 Å². The normalized spacial score (nSPS) is 10.8. The Morgan fingerprint density at radius 2 is 1.77 bits per heavy atom. The van der Waals surface area contributed by atoms with E-state index in [1.807, 2.05) is 47.8 Å². The number of halogens is 2. The molecule has 0 saturated carbocycles. The van der Waals surface area contributed by atoms with Crippen LogP contribution in [0.5, 0.6) is 0 Å². The van der Waals surface area contributed by atoms with Crippen LogP contribution < -0.4 is 5.32 Å². The Labute approximate surface area is 151 Å². The summed E-state index contributed by atoms with van der Waals surface area (Å²) >= 11 is 1.27. The third-order valence-corrected chi connectivity index (χ3v) is 4.73. The zero-order valence-corrected chi connectivity index (χ0v) is 14.2. The van der Waals surface area contributed by atoms with E-state index < -0.39 is 17.5 Å². The van der Waals surface area contributed by atoms with Crippen molar-refractivity contribution in [2.24, 2.45) is 0 Å². The number of hydrogen-bond acceptors (Lipinski definition) is 3. The van der Waals surface area contributed by atoms with Gasteiger partial charge in [-0.1, -0.05) is 42.5 Å². The van der Waals surface area contributed by atoms with E-state index in [2.05, 4.69) is 10.3 Å². The topological polar surface area (TPSA) is 42.0 Å². The van der Waals surface area contributed by atoms with Gasteiger partial charge in [-0.15, -0.1) is 11.3 Å². The van der Waals surface area contributed by atoms with E-state index in [1.54, 1.807) is 0 Å². The molecule has 1 aromatic heterocycles. The van der Waals surface area contributed by atoms with Gasteiger partial charge in [-0.2, -0.15) is 0 Å². The quantitative estimate of drug-likeness (QED) is 0.521. The number of nitrogens with zero attached hydrogens (tertiary/aromatic N) is 1. The van der Waals surface area contributed by atoms with Gasteiger partial charge in [-0.3, -0.25) is 10.1 Å². The fraction of sp³-hybridized carbons (Fsp3) is 0. The van der Waals surface area contributed by atoms with Crippen molar-refractivity contribution in [3.05, 3.63) is 83.2 Å². The van der Waals surface area contributed by atoms with Crippen molar-refractivity contribution in [1.29, 1.82) is 0 Å².